The van der Waals surface area contributed by atoms with Crippen molar-refractivity contribution in [2.45, 2.75) is 18.2 Å². The molecule has 0 spiro atoms. The molecule has 30 heavy (non-hydrogen) atoms. The van der Waals surface area contributed by atoms with Gasteiger partial charge in [0.2, 0.25) is 5.91 Å². The molecule has 1 amide bonds. The van der Waals surface area contributed by atoms with Gasteiger partial charge in [0.15, 0.2) is 11.0 Å². The highest BCUT2D eigenvalue weighted by Gasteiger charge is 2.17. The Morgan fingerprint density at radius 3 is 2.70 bits per heavy atom. The Balaban J connectivity index is 1.69. The average molecular weight is 443 g/mol. The fourth-order valence-electron chi connectivity index (χ4n) is 2.88. The van der Waals surface area contributed by atoms with Crippen LogP contribution in [0.3, 0.4) is 0 Å². The molecule has 0 saturated heterocycles. The van der Waals surface area contributed by atoms with Crippen molar-refractivity contribution in [3.63, 3.8) is 0 Å². The molecule has 1 aromatic heterocycles. The van der Waals surface area contributed by atoms with E-state index in [0.29, 0.717) is 23.3 Å². The lowest BCUT2D eigenvalue weighted by molar-refractivity contribution is -0.127. The van der Waals surface area contributed by atoms with Gasteiger partial charge >= 0.3 is 0 Å². The number of amides is 1. The van der Waals surface area contributed by atoms with E-state index in [0.717, 1.165) is 22.7 Å². The number of hydrogen-bond acceptors (Lipinski definition) is 5. The predicted octanol–water partition coefficient (Wildman–Crippen LogP) is 4.54. The molecule has 0 N–H and O–H groups in total. The smallest absolute Gasteiger partial charge is 0.233 e. The number of methoxy groups -OCH3 is 1. The molecule has 0 bridgehead atoms. The molecule has 8 heteroatoms. The molecule has 0 aliphatic rings. The number of thioether (sulfide) groups is 1. The van der Waals surface area contributed by atoms with Crippen molar-refractivity contribution in [3.05, 3.63) is 71.8 Å². The predicted molar refractivity (Wildman–Crippen MR) is 121 cm³/mol. The summed E-state index contributed by atoms with van der Waals surface area (Å²) in [6.07, 6.45) is 1.79. The van der Waals surface area contributed by atoms with Gasteiger partial charge in [0.05, 0.1) is 12.9 Å². The summed E-state index contributed by atoms with van der Waals surface area (Å²) in [6.45, 7) is 4.87. The minimum Gasteiger partial charge on any atom is -0.497 e. The third kappa shape index (κ3) is 5.43. The van der Waals surface area contributed by atoms with Gasteiger partial charge in [-0.05, 0) is 42.0 Å². The van der Waals surface area contributed by atoms with Crippen LogP contribution in [-0.4, -0.2) is 45.5 Å². The maximum absolute atomic E-state index is 12.6. The topological polar surface area (TPSA) is 60.2 Å². The fourth-order valence-corrected chi connectivity index (χ4v) is 3.98. The monoisotopic (exact) mass is 442 g/mol. The second-order valence-electron chi connectivity index (χ2n) is 6.60. The molecule has 3 aromatic rings. The lowest BCUT2D eigenvalue weighted by atomic mass is 10.2. The SMILES string of the molecule is C=CCn1c(SCC(=O)N(C)Cc2cccc(Cl)c2)nnc1-c1ccc(OC)cc1. The number of nitrogens with zero attached hydrogens (tertiary/aromatic N) is 4. The van der Waals surface area contributed by atoms with Crippen LogP contribution in [0.25, 0.3) is 11.4 Å². The van der Waals surface area contributed by atoms with E-state index in [1.165, 1.54) is 11.8 Å². The Labute approximate surface area is 185 Å². The minimum atomic E-state index is -0.000809. The van der Waals surface area contributed by atoms with Crippen LogP contribution in [0.1, 0.15) is 5.56 Å². The van der Waals surface area contributed by atoms with Crippen molar-refractivity contribution < 1.29 is 9.53 Å². The van der Waals surface area contributed by atoms with Crippen LogP contribution in [0, 0.1) is 0 Å². The van der Waals surface area contributed by atoms with Gasteiger partial charge in [0, 0.05) is 30.7 Å². The van der Waals surface area contributed by atoms with Crippen LogP contribution in [0.4, 0.5) is 0 Å². The number of hydrogen-bond donors (Lipinski definition) is 0. The number of allylic oxidation sites excluding steroid dienone is 1. The third-order valence-corrected chi connectivity index (χ3v) is 5.62. The van der Waals surface area contributed by atoms with Gasteiger partial charge in [-0.3, -0.25) is 9.36 Å². The Morgan fingerprint density at radius 2 is 2.03 bits per heavy atom. The number of benzene rings is 2. The second-order valence-corrected chi connectivity index (χ2v) is 7.98. The molecule has 0 fully saturated rings. The van der Waals surface area contributed by atoms with Crippen LogP contribution < -0.4 is 4.74 Å². The zero-order valence-corrected chi connectivity index (χ0v) is 18.5. The van der Waals surface area contributed by atoms with Crippen molar-refractivity contribution in [2.75, 3.05) is 19.9 Å². The highest BCUT2D eigenvalue weighted by Crippen LogP contribution is 2.26. The lowest BCUT2D eigenvalue weighted by Gasteiger charge is -2.17. The van der Waals surface area contributed by atoms with Crippen LogP contribution >= 0.6 is 23.4 Å². The summed E-state index contributed by atoms with van der Waals surface area (Å²) >= 11 is 7.39. The van der Waals surface area contributed by atoms with E-state index in [1.54, 1.807) is 25.1 Å². The van der Waals surface area contributed by atoms with Gasteiger partial charge < -0.3 is 9.64 Å². The van der Waals surface area contributed by atoms with Crippen LogP contribution in [0.5, 0.6) is 5.75 Å². The number of rotatable bonds is 9. The third-order valence-electron chi connectivity index (χ3n) is 4.44. The highest BCUT2D eigenvalue weighted by molar-refractivity contribution is 7.99. The number of carbonyl (C=O) groups excluding carboxylic acids is 1. The molecule has 1 heterocycles. The van der Waals surface area contributed by atoms with Crippen molar-refractivity contribution in [3.8, 4) is 17.1 Å². The highest BCUT2D eigenvalue weighted by atomic mass is 35.5. The zero-order valence-electron chi connectivity index (χ0n) is 16.9. The normalized spacial score (nSPS) is 10.6. The minimum absolute atomic E-state index is 0.000809. The van der Waals surface area contributed by atoms with Gasteiger partial charge in [-0.25, -0.2) is 0 Å². The molecule has 0 unspecified atom stereocenters. The van der Waals surface area contributed by atoms with Gasteiger partial charge in [-0.15, -0.1) is 16.8 Å². The summed E-state index contributed by atoms with van der Waals surface area (Å²) in [4.78, 5) is 14.3. The molecule has 2 aromatic carbocycles. The first-order valence-corrected chi connectivity index (χ1v) is 10.7. The number of halogens is 1. The van der Waals surface area contributed by atoms with Crippen molar-refractivity contribution >= 4 is 29.3 Å². The lowest BCUT2D eigenvalue weighted by Crippen LogP contribution is -2.27. The first kappa shape index (κ1) is 21.9. The summed E-state index contributed by atoms with van der Waals surface area (Å²) in [6, 6.07) is 15.1. The Bertz CT molecular complexity index is 1020. The summed E-state index contributed by atoms with van der Waals surface area (Å²) in [5.41, 5.74) is 1.90. The molecule has 0 aliphatic heterocycles. The number of carbonyl (C=O) groups is 1. The second kappa shape index (κ2) is 10.3. The van der Waals surface area contributed by atoms with Crippen LogP contribution in [0.2, 0.25) is 5.02 Å². The average Bonchev–Trinajstić information content (AvgIpc) is 3.15. The van der Waals surface area contributed by atoms with E-state index in [-0.39, 0.29) is 11.7 Å². The maximum Gasteiger partial charge on any atom is 0.233 e. The quantitative estimate of drug-likeness (QED) is 0.359. The van der Waals surface area contributed by atoms with E-state index in [2.05, 4.69) is 16.8 Å². The Morgan fingerprint density at radius 1 is 1.27 bits per heavy atom. The van der Waals surface area contributed by atoms with Crippen molar-refractivity contribution in [1.29, 1.82) is 0 Å². The largest absolute Gasteiger partial charge is 0.497 e. The first-order chi connectivity index (χ1) is 14.5. The van der Waals surface area contributed by atoms with Gasteiger partial charge in [0.1, 0.15) is 5.75 Å². The number of aromatic nitrogens is 3. The molecule has 0 radical (unpaired) electrons. The summed E-state index contributed by atoms with van der Waals surface area (Å²) in [5, 5.41) is 9.94. The van der Waals surface area contributed by atoms with Crippen molar-refractivity contribution in [1.82, 2.24) is 19.7 Å². The van der Waals surface area contributed by atoms with Crippen LogP contribution in [0.15, 0.2) is 66.3 Å². The fraction of sp³-hybridized carbons (Fsp3) is 0.227. The summed E-state index contributed by atoms with van der Waals surface area (Å²) in [5.74, 6) is 1.75. The molecule has 6 nitrogen and oxygen atoms in total. The Hall–Kier alpha value is -2.77. The van der Waals surface area contributed by atoms with Crippen LogP contribution in [-0.2, 0) is 17.9 Å². The van der Waals surface area contributed by atoms with E-state index < -0.39 is 0 Å². The summed E-state index contributed by atoms with van der Waals surface area (Å²) in [7, 11) is 3.41. The molecule has 156 valence electrons. The molecule has 0 saturated carbocycles. The van der Waals surface area contributed by atoms with Gasteiger partial charge in [0.25, 0.3) is 0 Å². The molecule has 3 rings (SSSR count). The maximum atomic E-state index is 12.6. The van der Waals surface area contributed by atoms with Crippen molar-refractivity contribution in [2.24, 2.45) is 0 Å². The summed E-state index contributed by atoms with van der Waals surface area (Å²) < 4.78 is 7.16. The van der Waals surface area contributed by atoms with E-state index >= 15 is 0 Å². The first-order valence-electron chi connectivity index (χ1n) is 9.31. The van der Waals surface area contributed by atoms with E-state index in [4.69, 9.17) is 16.3 Å². The van der Waals surface area contributed by atoms with E-state index in [1.807, 2.05) is 53.1 Å². The van der Waals surface area contributed by atoms with E-state index in [9.17, 15) is 4.79 Å². The standard InChI is InChI=1S/C22H23ClN4O2S/c1-4-12-27-21(17-8-10-19(29-3)11-9-17)24-25-22(27)30-15-20(28)26(2)14-16-6-5-7-18(23)13-16/h4-11,13H,1,12,14-15H2,2-3H3. The number of ether oxygens (including phenoxy) is 1. The molecule has 0 atom stereocenters. The molecular formula is C22H23ClN4O2S. The zero-order chi connectivity index (χ0) is 21.5. The molecule has 0 aliphatic carbocycles. The molecular weight excluding hydrogens is 420 g/mol. The van der Waals surface area contributed by atoms with Gasteiger partial charge in [-0.2, -0.15) is 0 Å². The van der Waals surface area contributed by atoms with Gasteiger partial charge in [-0.1, -0.05) is 41.6 Å². The Kier molecular flexibility index (Phi) is 7.54.